The maximum atomic E-state index is 12.4. The number of hydrogen-bond donors (Lipinski definition) is 2. The molecule has 0 bridgehead atoms. The molecule has 2 aliphatic heterocycles. The van der Waals surface area contributed by atoms with Crippen molar-refractivity contribution in [3.63, 3.8) is 0 Å². The molecule has 2 N–H and O–H groups in total. The number of ether oxygens (including phenoxy) is 2. The van der Waals surface area contributed by atoms with Crippen molar-refractivity contribution in [3.05, 3.63) is 28.7 Å². The SMILES string of the molecule is CCNC(=S)NCCN1C(=O)S/C(=C\c2ccc3c(c2)OCO3)C1=O. The third-order valence-electron chi connectivity index (χ3n) is 3.53. The Morgan fingerprint density at radius 2 is 2.12 bits per heavy atom. The normalized spacial score (nSPS) is 17.3. The van der Waals surface area contributed by atoms with Gasteiger partial charge in [0.25, 0.3) is 11.1 Å². The van der Waals surface area contributed by atoms with Gasteiger partial charge in [-0.1, -0.05) is 6.07 Å². The van der Waals surface area contributed by atoms with Gasteiger partial charge in [0.15, 0.2) is 16.6 Å². The van der Waals surface area contributed by atoms with E-state index in [4.69, 9.17) is 21.7 Å². The minimum Gasteiger partial charge on any atom is -0.454 e. The summed E-state index contributed by atoms with van der Waals surface area (Å²) in [6, 6.07) is 5.38. The first-order valence-electron chi connectivity index (χ1n) is 7.75. The van der Waals surface area contributed by atoms with Crippen LogP contribution in [0.2, 0.25) is 0 Å². The molecule has 3 rings (SSSR count). The van der Waals surface area contributed by atoms with Gasteiger partial charge in [0.2, 0.25) is 6.79 Å². The fourth-order valence-electron chi connectivity index (χ4n) is 2.35. The number of fused-ring (bicyclic) bond motifs is 1. The summed E-state index contributed by atoms with van der Waals surface area (Å²) in [4.78, 5) is 26.1. The van der Waals surface area contributed by atoms with E-state index in [1.165, 1.54) is 4.90 Å². The van der Waals surface area contributed by atoms with Gasteiger partial charge in [0.1, 0.15) is 0 Å². The lowest BCUT2D eigenvalue weighted by molar-refractivity contribution is -0.122. The van der Waals surface area contributed by atoms with Gasteiger partial charge in [0.05, 0.1) is 4.91 Å². The second kappa shape index (κ2) is 7.75. The number of amides is 2. The molecule has 7 nitrogen and oxygen atoms in total. The van der Waals surface area contributed by atoms with Gasteiger partial charge < -0.3 is 20.1 Å². The van der Waals surface area contributed by atoms with Crippen molar-refractivity contribution >= 4 is 46.3 Å². The number of nitrogens with zero attached hydrogens (tertiary/aromatic N) is 1. The molecule has 0 unspecified atom stereocenters. The summed E-state index contributed by atoms with van der Waals surface area (Å²) in [6.07, 6.45) is 1.68. The average Bonchev–Trinajstić information content (AvgIpc) is 3.14. The first kappa shape index (κ1) is 17.6. The molecule has 2 amide bonds. The van der Waals surface area contributed by atoms with E-state index in [0.717, 1.165) is 17.3 Å². The molecule has 1 fully saturated rings. The van der Waals surface area contributed by atoms with Gasteiger partial charge in [-0.25, -0.2) is 0 Å². The van der Waals surface area contributed by atoms with E-state index < -0.39 is 0 Å². The third kappa shape index (κ3) is 4.05. The average molecular weight is 379 g/mol. The fraction of sp³-hybridized carbons (Fsp3) is 0.312. The number of hydrogen-bond acceptors (Lipinski definition) is 6. The summed E-state index contributed by atoms with van der Waals surface area (Å²) >= 11 is 5.98. The summed E-state index contributed by atoms with van der Waals surface area (Å²) in [6.45, 7) is 3.50. The highest BCUT2D eigenvalue weighted by molar-refractivity contribution is 8.18. The number of imide groups is 1. The van der Waals surface area contributed by atoms with Gasteiger partial charge in [-0.15, -0.1) is 0 Å². The molecule has 0 radical (unpaired) electrons. The number of benzene rings is 1. The molecule has 0 atom stereocenters. The van der Waals surface area contributed by atoms with Crippen LogP contribution in [0.15, 0.2) is 23.1 Å². The summed E-state index contributed by atoms with van der Waals surface area (Å²) in [7, 11) is 0. The zero-order valence-corrected chi connectivity index (χ0v) is 15.2. The van der Waals surface area contributed by atoms with E-state index in [9.17, 15) is 9.59 Å². The molecule has 0 spiro atoms. The molecular weight excluding hydrogens is 362 g/mol. The van der Waals surface area contributed by atoms with E-state index in [-0.39, 0.29) is 24.5 Å². The molecular formula is C16H17N3O4S2. The molecule has 0 aliphatic carbocycles. The molecule has 1 saturated heterocycles. The Bertz CT molecular complexity index is 751. The van der Waals surface area contributed by atoms with Crippen LogP contribution in [0.4, 0.5) is 4.79 Å². The van der Waals surface area contributed by atoms with Crippen LogP contribution in [-0.4, -0.2) is 47.6 Å². The highest BCUT2D eigenvalue weighted by Crippen LogP contribution is 2.36. The van der Waals surface area contributed by atoms with Crippen LogP contribution >= 0.6 is 24.0 Å². The largest absolute Gasteiger partial charge is 0.454 e. The van der Waals surface area contributed by atoms with E-state index in [1.807, 2.05) is 13.0 Å². The highest BCUT2D eigenvalue weighted by atomic mass is 32.2. The first-order valence-corrected chi connectivity index (χ1v) is 8.97. The van der Waals surface area contributed by atoms with Gasteiger partial charge in [-0.2, -0.15) is 0 Å². The van der Waals surface area contributed by atoms with E-state index in [1.54, 1.807) is 18.2 Å². The second-order valence-electron chi connectivity index (χ2n) is 5.23. The van der Waals surface area contributed by atoms with Crippen molar-refractivity contribution in [2.75, 3.05) is 26.4 Å². The molecule has 1 aromatic rings. The summed E-state index contributed by atoms with van der Waals surface area (Å²) < 4.78 is 10.6. The van der Waals surface area contributed by atoms with Crippen molar-refractivity contribution in [1.82, 2.24) is 15.5 Å². The van der Waals surface area contributed by atoms with Crippen molar-refractivity contribution in [2.24, 2.45) is 0 Å². The third-order valence-corrected chi connectivity index (χ3v) is 4.72. The second-order valence-corrected chi connectivity index (χ2v) is 6.63. The van der Waals surface area contributed by atoms with Crippen LogP contribution in [0, 0.1) is 0 Å². The van der Waals surface area contributed by atoms with Gasteiger partial charge in [0, 0.05) is 19.6 Å². The minimum absolute atomic E-state index is 0.192. The van der Waals surface area contributed by atoms with E-state index >= 15 is 0 Å². The quantitative estimate of drug-likeness (QED) is 0.594. The van der Waals surface area contributed by atoms with E-state index in [2.05, 4.69) is 10.6 Å². The number of rotatable bonds is 5. The van der Waals surface area contributed by atoms with Gasteiger partial charge >= 0.3 is 0 Å². The predicted molar refractivity (Wildman–Crippen MR) is 99.5 cm³/mol. The number of carbonyl (C=O) groups excluding carboxylic acids is 2. The van der Waals surface area contributed by atoms with Crippen LogP contribution in [0.3, 0.4) is 0 Å². The Morgan fingerprint density at radius 1 is 1.32 bits per heavy atom. The fourth-order valence-corrected chi connectivity index (χ4v) is 3.46. The summed E-state index contributed by atoms with van der Waals surface area (Å²) in [5.74, 6) is 1.01. The molecule has 9 heteroatoms. The number of thioether (sulfide) groups is 1. The Balaban J connectivity index is 1.63. The molecule has 2 aliphatic rings. The smallest absolute Gasteiger partial charge is 0.293 e. The van der Waals surface area contributed by atoms with Crippen LogP contribution in [0.5, 0.6) is 11.5 Å². The Kier molecular flexibility index (Phi) is 5.44. The Morgan fingerprint density at radius 3 is 2.92 bits per heavy atom. The lowest BCUT2D eigenvalue weighted by Crippen LogP contribution is -2.41. The number of carbonyl (C=O) groups is 2. The Labute approximate surface area is 154 Å². The van der Waals surface area contributed by atoms with Crippen molar-refractivity contribution in [1.29, 1.82) is 0 Å². The first-order chi connectivity index (χ1) is 12.1. The monoisotopic (exact) mass is 379 g/mol. The lowest BCUT2D eigenvalue weighted by atomic mass is 10.2. The predicted octanol–water partition coefficient (Wildman–Crippen LogP) is 1.94. The molecule has 1 aromatic carbocycles. The van der Waals surface area contributed by atoms with E-state index in [0.29, 0.717) is 34.6 Å². The van der Waals surface area contributed by atoms with Crippen molar-refractivity contribution in [2.45, 2.75) is 6.92 Å². The van der Waals surface area contributed by atoms with Crippen molar-refractivity contribution in [3.8, 4) is 11.5 Å². The van der Waals surface area contributed by atoms with Crippen LogP contribution in [-0.2, 0) is 4.79 Å². The number of nitrogens with one attached hydrogen (secondary N) is 2. The maximum absolute atomic E-state index is 12.4. The number of thiocarbonyl (C=S) groups is 1. The van der Waals surface area contributed by atoms with Crippen LogP contribution < -0.4 is 20.1 Å². The molecule has 2 heterocycles. The van der Waals surface area contributed by atoms with Gasteiger partial charge in [-0.3, -0.25) is 14.5 Å². The highest BCUT2D eigenvalue weighted by Gasteiger charge is 2.34. The zero-order chi connectivity index (χ0) is 17.8. The molecule has 132 valence electrons. The standard InChI is InChI=1S/C16H17N3O4S2/c1-2-17-15(24)18-5-6-19-14(20)13(25-16(19)21)8-10-3-4-11-12(7-10)23-9-22-11/h3-4,7-8H,2,5-6,9H2,1H3,(H2,17,18,24)/b13-8-. The Hall–Kier alpha value is -2.26. The van der Waals surface area contributed by atoms with Crippen LogP contribution in [0.25, 0.3) is 6.08 Å². The van der Waals surface area contributed by atoms with Gasteiger partial charge in [-0.05, 0) is 54.7 Å². The molecule has 0 saturated carbocycles. The summed E-state index contributed by atoms with van der Waals surface area (Å²) in [5, 5.41) is 6.13. The van der Waals surface area contributed by atoms with Crippen LogP contribution in [0.1, 0.15) is 12.5 Å². The van der Waals surface area contributed by atoms with Crippen molar-refractivity contribution < 1.29 is 19.1 Å². The zero-order valence-electron chi connectivity index (χ0n) is 13.5. The maximum Gasteiger partial charge on any atom is 0.293 e. The molecule has 0 aromatic heterocycles. The minimum atomic E-state index is -0.302. The molecule has 25 heavy (non-hydrogen) atoms. The topological polar surface area (TPSA) is 79.9 Å². The lowest BCUT2D eigenvalue weighted by Gasteiger charge is -2.14. The summed E-state index contributed by atoms with van der Waals surface area (Å²) in [5.41, 5.74) is 0.779.